The van der Waals surface area contributed by atoms with Gasteiger partial charge in [0.1, 0.15) is 0 Å². The first-order chi connectivity index (χ1) is 5.08. The summed E-state index contributed by atoms with van der Waals surface area (Å²) in [6.45, 7) is 3.32. The second-order valence-corrected chi connectivity index (χ2v) is 3.15. The monoisotopic (exact) mass is 244 g/mol. The number of nitrogens with one attached hydrogen (secondary N) is 1. The van der Waals surface area contributed by atoms with Gasteiger partial charge in [0.25, 0.3) is 0 Å². The number of amides is 2. The Kier molecular flexibility index (Phi) is 12.7. The van der Waals surface area contributed by atoms with Gasteiger partial charge in [0.2, 0.25) is 0 Å². The number of rotatable bonds is 0. The minimum absolute atomic E-state index is 0.569. The zero-order valence-electron chi connectivity index (χ0n) is 5.87. The molecule has 0 aliphatic rings. The Morgan fingerprint density at radius 3 is 2.00 bits per heavy atom. The first-order valence-electron chi connectivity index (χ1n) is 2.36. The molecule has 0 fully saturated rings. The number of halogens is 2. The van der Waals surface area contributed by atoms with Crippen molar-refractivity contribution in [3.05, 3.63) is 0 Å². The Bertz CT molecular complexity index is 138. The molecule has 0 aliphatic heterocycles. The molecule has 0 radical (unpaired) electrons. The van der Waals surface area contributed by atoms with Crippen molar-refractivity contribution >= 4 is 32.1 Å². The molecule has 11 heavy (non-hydrogen) atoms. The van der Waals surface area contributed by atoms with Crippen molar-refractivity contribution in [1.82, 2.24) is 5.48 Å². The van der Waals surface area contributed by atoms with Crippen LogP contribution < -0.4 is 5.48 Å². The normalized spacial score (nSPS) is 7.73. The van der Waals surface area contributed by atoms with Crippen LogP contribution in [-0.4, -0.2) is 17.0 Å². The van der Waals surface area contributed by atoms with Gasteiger partial charge in [0.05, 0.1) is 0 Å². The molecule has 2 amide bonds. The molecule has 0 rings (SSSR count). The molecular weight excluding hydrogens is 238 g/mol. The van der Waals surface area contributed by atoms with Gasteiger partial charge in [-0.05, 0) is 13.8 Å². The van der Waals surface area contributed by atoms with Gasteiger partial charge in [-0.15, -0.1) is 0 Å². The van der Waals surface area contributed by atoms with E-state index in [-0.39, 0.29) is 0 Å². The van der Waals surface area contributed by atoms with E-state index in [1.54, 1.807) is 13.8 Å². The number of carbonyl (C=O) groups is 1. The van der Waals surface area contributed by atoms with Gasteiger partial charge in [0, 0.05) is 5.71 Å². The molecule has 0 aliphatic carbocycles. The van der Waals surface area contributed by atoms with Crippen molar-refractivity contribution in [3.8, 4) is 0 Å². The van der Waals surface area contributed by atoms with Crippen molar-refractivity contribution in [2.75, 3.05) is 0 Å². The summed E-state index contributed by atoms with van der Waals surface area (Å²) >= 11 is 0.569. The van der Waals surface area contributed by atoms with E-state index in [0.29, 0.717) is 18.4 Å². The van der Waals surface area contributed by atoms with E-state index >= 15 is 0 Å². The van der Waals surface area contributed by atoms with Crippen molar-refractivity contribution in [2.45, 2.75) is 13.8 Å². The van der Waals surface area contributed by atoms with Gasteiger partial charge in [-0.3, -0.25) is 5.21 Å². The molecule has 0 aromatic heterocycles. The Hall–Kier alpha value is 0.174. The zero-order valence-corrected chi connectivity index (χ0v) is 8.37. The summed E-state index contributed by atoms with van der Waals surface area (Å²) in [5.41, 5.74) is 1.98. The number of hydroxylamine groups is 1. The molecule has 0 heterocycles. The summed E-state index contributed by atoms with van der Waals surface area (Å²) in [7, 11) is 9.40. The van der Waals surface area contributed by atoms with E-state index in [9.17, 15) is 4.79 Å². The summed E-state index contributed by atoms with van der Waals surface area (Å²) in [6, 6.07) is -0.731. The number of aliphatic imine (C=N–C) groups is 1. The SMILES string of the molecule is CC(C)=NC(=O)NO.[Cl][Ni][Cl]. The van der Waals surface area contributed by atoms with E-state index in [2.05, 4.69) is 4.99 Å². The van der Waals surface area contributed by atoms with Crippen LogP contribution in [0.4, 0.5) is 4.79 Å². The minimum atomic E-state index is -0.731. The average molecular weight is 246 g/mol. The summed E-state index contributed by atoms with van der Waals surface area (Å²) in [6.07, 6.45) is 0. The van der Waals surface area contributed by atoms with Crippen LogP contribution in [0.25, 0.3) is 0 Å². The molecule has 0 spiro atoms. The van der Waals surface area contributed by atoms with E-state index in [1.807, 2.05) is 0 Å². The topological polar surface area (TPSA) is 61.7 Å². The Balaban J connectivity index is 0. The second-order valence-electron chi connectivity index (χ2n) is 1.52. The van der Waals surface area contributed by atoms with Crippen molar-refractivity contribution in [3.63, 3.8) is 0 Å². The van der Waals surface area contributed by atoms with E-state index in [4.69, 9.17) is 25.6 Å². The molecule has 0 unspecified atom stereocenters. The summed E-state index contributed by atoms with van der Waals surface area (Å²) in [5.74, 6) is 0. The molecule has 4 nitrogen and oxygen atoms in total. The molecule has 0 saturated carbocycles. The fourth-order valence-electron chi connectivity index (χ4n) is 0.228. The fraction of sp³-hybridized carbons (Fsp3) is 0.500. The predicted octanol–water partition coefficient (Wildman–Crippen LogP) is 1.94. The second kappa shape index (κ2) is 10.2. The van der Waals surface area contributed by atoms with Gasteiger partial charge in [-0.2, -0.15) is 0 Å². The van der Waals surface area contributed by atoms with Crippen LogP contribution in [0.2, 0.25) is 0 Å². The molecule has 0 aromatic carbocycles. The third-order valence-corrected chi connectivity index (χ3v) is 0.421. The van der Waals surface area contributed by atoms with Crippen LogP contribution in [0.1, 0.15) is 13.8 Å². The molecule has 7 heteroatoms. The Morgan fingerprint density at radius 2 is 1.91 bits per heavy atom. The number of hydrogen-bond donors (Lipinski definition) is 2. The van der Waals surface area contributed by atoms with Crippen LogP contribution in [0.3, 0.4) is 0 Å². The Labute approximate surface area is 79.3 Å². The van der Waals surface area contributed by atoms with Gasteiger partial charge < -0.3 is 0 Å². The third kappa shape index (κ3) is 17.8. The van der Waals surface area contributed by atoms with Crippen LogP contribution in [0, 0.1) is 0 Å². The zero-order chi connectivity index (χ0) is 9.28. The van der Waals surface area contributed by atoms with E-state index in [1.165, 1.54) is 5.48 Å². The quantitative estimate of drug-likeness (QED) is 0.297. The first kappa shape index (κ1) is 13.7. The molecule has 70 valence electrons. The number of hydrogen-bond acceptors (Lipinski definition) is 2. The van der Waals surface area contributed by atoms with E-state index in [0.717, 1.165) is 0 Å². The number of carbonyl (C=O) groups excluding carboxylic acids is 1. The first-order valence-corrected chi connectivity index (χ1v) is 5.08. The van der Waals surface area contributed by atoms with Crippen molar-refractivity contribution < 1.29 is 22.7 Å². The molecule has 0 aromatic rings. The fourth-order valence-corrected chi connectivity index (χ4v) is 0.228. The van der Waals surface area contributed by atoms with Gasteiger partial charge in [-0.1, -0.05) is 0 Å². The summed E-state index contributed by atoms with van der Waals surface area (Å²) < 4.78 is 0. The van der Waals surface area contributed by atoms with Gasteiger partial charge >= 0.3 is 39.1 Å². The van der Waals surface area contributed by atoms with Crippen molar-refractivity contribution in [2.24, 2.45) is 4.99 Å². The standard InChI is InChI=1S/C4H8N2O2.2ClH.Ni/c1-3(2)5-4(7)6-8;;;/h8H,1-2H3,(H,6,7);2*1H;/q;;;+2/p-2. The summed E-state index contributed by atoms with van der Waals surface area (Å²) in [5, 5.41) is 7.88. The predicted molar refractivity (Wildman–Crippen MR) is 40.8 cm³/mol. The summed E-state index contributed by atoms with van der Waals surface area (Å²) in [4.78, 5) is 13.4. The van der Waals surface area contributed by atoms with Crippen LogP contribution in [0.15, 0.2) is 4.99 Å². The maximum atomic E-state index is 10.1. The van der Waals surface area contributed by atoms with Crippen LogP contribution >= 0.6 is 20.4 Å². The number of nitrogens with zero attached hydrogens (tertiary/aromatic N) is 1. The third-order valence-electron chi connectivity index (χ3n) is 0.421. The average Bonchev–Trinajstić information content (AvgIpc) is 1.88. The molecule has 2 N–H and O–H groups in total. The molecular formula is C4H8Cl2N2NiO2. The molecule has 0 bridgehead atoms. The van der Waals surface area contributed by atoms with Gasteiger partial charge in [0.15, 0.2) is 0 Å². The van der Waals surface area contributed by atoms with E-state index < -0.39 is 6.03 Å². The maximum absolute atomic E-state index is 10.1. The molecule has 0 atom stereocenters. The van der Waals surface area contributed by atoms with Gasteiger partial charge in [-0.25, -0.2) is 15.3 Å². The van der Waals surface area contributed by atoms with Crippen molar-refractivity contribution in [1.29, 1.82) is 0 Å². The molecule has 0 saturated heterocycles. The van der Waals surface area contributed by atoms with Crippen LogP contribution in [0.5, 0.6) is 0 Å². The number of urea groups is 1. The van der Waals surface area contributed by atoms with Crippen LogP contribution in [-0.2, 0) is 12.7 Å². The Morgan fingerprint density at radius 1 is 1.55 bits per heavy atom.